The quantitative estimate of drug-likeness (QED) is 0.621. The van der Waals surface area contributed by atoms with Gasteiger partial charge in [0.15, 0.2) is 0 Å². The van der Waals surface area contributed by atoms with Crippen LogP contribution in [-0.4, -0.2) is 27.4 Å². The number of carbonyl (C=O) groups excluding carboxylic acids is 1. The Bertz CT molecular complexity index is 1080. The molecule has 0 aliphatic heterocycles. The van der Waals surface area contributed by atoms with Crippen LogP contribution in [0.3, 0.4) is 0 Å². The molecule has 152 valence electrons. The van der Waals surface area contributed by atoms with E-state index in [-0.39, 0.29) is 23.4 Å². The van der Waals surface area contributed by atoms with E-state index in [0.717, 1.165) is 17.7 Å². The predicted octanol–water partition coefficient (Wildman–Crippen LogP) is 4.51. The molecule has 0 aliphatic rings. The maximum atomic E-state index is 13.5. The van der Waals surface area contributed by atoms with Crippen molar-refractivity contribution in [1.82, 2.24) is 14.5 Å². The summed E-state index contributed by atoms with van der Waals surface area (Å²) in [5.41, 5.74) is 2.43. The van der Waals surface area contributed by atoms with Gasteiger partial charge in [0, 0.05) is 13.5 Å². The van der Waals surface area contributed by atoms with Crippen LogP contribution in [0, 0.1) is 5.92 Å². The number of nitrogens with zero attached hydrogens (tertiary/aromatic N) is 3. The summed E-state index contributed by atoms with van der Waals surface area (Å²) < 4.78 is 1.69. The Balaban J connectivity index is 2.25. The van der Waals surface area contributed by atoms with Crippen LogP contribution in [0.5, 0.6) is 0 Å². The van der Waals surface area contributed by atoms with Gasteiger partial charge in [-0.3, -0.25) is 14.2 Å². The van der Waals surface area contributed by atoms with Gasteiger partial charge in [0.1, 0.15) is 5.82 Å². The molecule has 3 aromatic rings. The Morgan fingerprint density at radius 1 is 1.07 bits per heavy atom. The zero-order valence-corrected chi connectivity index (χ0v) is 17.8. The standard InChI is InChI=1S/C24H29N3O2/c1-6-18-11-7-10-14-21(18)27-23(17(4)26(5)22(28)15-16(2)3)25-20-13-9-8-12-19(20)24(27)29/h7-14,16-17H,6,15H2,1-5H3. The molecule has 5 heteroatoms. The van der Waals surface area contributed by atoms with Crippen LogP contribution < -0.4 is 5.56 Å². The second-order valence-corrected chi connectivity index (χ2v) is 7.89. The van der Waals surface area contributed by atoms with Crippen LogP contribution >= 0.6 is 0 Å². The molecular weight excluding hydrogens is 362 g/mol. The van der Waals surface area contributed by atoms with E-state index < -0.39 is 0 Å². The largest absolute Gasteiger partial charge is 0.336 e. The minimum atomic E-state index is -0.344. The topological polar surface area (TPSA) is 55.2 Å². The average molecular weight is 392 g/mol. The van der Waals surface area contributed by atoms with Gasteiger partial charge in [-0.1, -0.05) is 51.1 Å². The summed E-state index contributed by atoms with van der Waals surface area (Å²) >= 11 is 0. The zero-order valence-electron chi connectivity index (χ0n) is 17.8. The molecule has 0 aliphatic carbocycles. The maximum absolute atomic E-state index is 13.5. The number of fused-ring (bicyclic) bond motifs is 1. The summed E-state index contributed by atoms with van der Waals surface area (Å²) in [5.74, 6) is 0.893. The van der Waals surface area contributed by atoms with Gasteiger partial charge in [-0.05, 0) is 43.0 Å². The molecule has 0 bridgehead atoms. The maximum Gasteiger partial charge on any atom is 0.266 e. The Labute approximate surface area is 172 Å². The monoisotopic (exact) mass is 391 g/mol. The summed E-state index contributed by atoms with van der Waals surface area (Å²) in [6, 6.07) is 14.9. The third-order valence-corrected chi connectivity index (χ3v) is 5.35. The predicted molar refractivity (Wildman–Crippen MR) is 117 cm³/mol. The summed E-state index contributed by atoms with van der Waals surface area (Å²) in [4.78, 5) is 32.7. The van der Waals surface area contributed by atoms with Gasteiger partial charge in [-0.2, -0.15) is 0 Å². The lowest BCUT2D eigenvalue weighted by Gasteiger charge is -2.28. The first-order valence-corrected chi connectivity index (χ1v) is 10.2. The Hall–Kier alpha value is -2.95. The van der Waals surface area contributed by atoms with Crippen molar-refractivity contribution in [2.24, 2.45) is 5.92 Å². The summed E-state index contributed by atoms with van der Waals surface area (Å²) in [6.45, 7) is 8.05. The van der Waals surface area contributed by atoms with Gasteiger partial charge in [-0.15, -0.1) is 0 Å². The molecule has 5 nitrogen and oxygen atoms in total. The molecule has 0 fully saturated rings. The third-order valence-electron chi connectivity index (χ3n) is 5.35. The highest BCUT2D eigenvalue weighted by Crippen LogP contribution is 2.24. The van der Waals surface area contributed by atoms with E-state index >= 15 is 0 Å². The number of para-hydroxylation sites is 2. The van der Waals surface area contributed by atoms with Gasteiger partial charge in [0.2, 0.25) is 5.91 Å². The molecule has 0 spiro atoms. The van der Waals surface area contributed by atoms with Crippen molar-refractivity contribution in [3.8, 4) is 5.69 Å². The molecule has 1 amide bonds. The molecule has 1 aromatic heterocycles. The van der Waals surface area contributed by atoms with Gasteiger partial charge < -0.3 is 4.90 Å². The van der Waals surface area contributed by atoms with Gasteiger partial charge in [-0.25, -0.2) is 4.98 Å². The minimum absolute atomic E-state index is 0.0465. The molecule has 29 heavy (non-hydrogen) atoms. The number of carbonyl (C=O) groups is 1. The van der Waals surface area contributed by atoms with Crippen molar-refractivity contribution in [1.29, 1.82) is 0 Å². The molecular formula is C24H29N3O2. The molecule has 0 radical (unpaired) electrons. The van der Waals surface area contributed by atoms with E-state index in [1.54, 1.807) is 22.6 Å². The molecule has 0 saturated carbocycles. The highest BCUT2D eigenvalue weighted by molar-refractivity contribution is 5.79. The van der Waals surface area contributed by atoms with Crippen LogP contribution in [0.4, 0.5) is 0 Å². The number of hydrogen-bond donors (Lipinski definition) is 0. The van der Waals surface area contributed by atoms with E-state index in [9.17, 15) is 9.59 Å². The van der Waals surface area contributed by atoms with E-state index in [1.807, 2.05) is 63.2 Å². The molecule has 1 heterocycles. The lowest BCUT2D eigenvalue weighted by Crippen LogP contribution is -2.35. The summed E-state index contributed by atoms with van der Waals surface area (Å²) in [5, 5.41) is 0.575. The molecule has 0 saturated heterocycles. The summed E-state index contributed by atoms with van der Waals surface area (Å²) in [7, 11) is 1.78. The first kappa shape index (κ1) is 20.8. The highest BCUT2D eigenvalue weighted by Gasteiger charge is 2.25. The van der Waals surface area contributed by atoms with Crippen molar-refractivity contribution in [2.75, 3.05) is 7.05 Å². The highest BCUT2D eigenvalue weighted by atomic mass is 16.2. The SMILES string of the molecule is CCc1ccccc1-n1c(C(C)N(C)C(=O)CC(C)C)nc2ccccc2c1=O. The van der Waals surface area contributed by atoms with Crippen LogP contribution in [-0.2, 0) is 11.2 Å². The van der Waals surface area contributed by atoms with Crippen LogP contribution in [0.1, 0.15) is 51.5 Å². The summed E-state index contributed by atoms with van der Waals surface area (Å²) in [6.07, 6.45) is 1.26. The Morgan fingerprint density at radius 3 is 2.41 bits per heavy atom. The number of hydrogen-bond acceptors (Lipinski definition) is 3. The van der Waals surface area contributed by atoms with Crippen molar-refractivity contribution in [3.05, 3.63) is 70.3 Å². The van der Waals surface area contributed by atoms with Crippen molar-refractivity contribution < 1.29 is 4.79 Å². The van der Waals surface area contributed by atoms with Gasteiger partial charge in [0.25, 0.3) is 5.56 Å². The lowest BCUT2D eigenvalue weighted by atomic mass is 10.1. The first-order chi connectivity index (χ1) is 13.8. The average Bonchev–Trinajstić information content (AvgIpc) is 2.72. The van der Waals surface area contributed by atoms with Gasteiger partial charge in [0.05, 0.1) is 22.6 Å². The molecule has 2 aromatic carbocycles. The van der Waals surface area contributed by atoms with Crippen molar-refractivity contribution in [3.63, 3.8) is 0 Å². The Kier molecular flexibility index (Phi) is 6.16. The molecule has 1 unspecified atom stereocenters. The number of amides is 1. The number of rotatable bonds is 6. The Morgan fingerprint density at radius 2 is 1.72 bits per heavy atom. The lowest BCUT2D eigenvalue weighted by molar-refractivity contribution is -0.132. The fourth-order valence-electron chi connectivity index (χ4n) is 3.57. The zero-order chi connectivity index (χ0) is 21.1. The van der Waals surface area contributed by atoms with Crippen LogP contribution in [0.15, 0.2) is 53.3 Å². The van der Waals surface area contributed by atoms with E-state index in [0.29, 0.717) is 23.1 Å². The normalized spacial score (nSPS) is 12.3. The number of aryl methyl sites for hydroxylation is 1. The van der Waals surface area contributed by atoms with E-state index in [4.69, 9.17) is 4.98 Å². The first-order valence-electron chi connectivity index (χ1n) is 10.2. The van der Waals surface area contributed by atoms with Crippen molar-refractivity contribution in [2.45, 2.75) is 46.6 Å². The molecule has 1 atom stereocenters. The minimum Gasteiger partial charge on any atom is -0.336 e. The third kappa shape index (κ3) is 4.09. The second kappa shape index (κ2) is 8.60. The van der Waals surface area contributed by atoms with Crippen molar-refractivity contribution >= 4 is 16.8 Å². The molecule has 0 N–H and O–H groups in total. The second-order valence-electron chi connectivity index (χ2n) is 7.89. The fraction of sp³-hybridized carbons (Fsp3) is 0.375. The fourth-order valence-corrected chi connectivity index (χ4v) is 3.57. The number of aromatic nitrogens is 2. The van der Waals surface area contributed by atoms with Gasteiger partial charge >= 0.3 is 0 Å². The van der Waals surface area contributed by atoms with E-state index in [1.165, 1.54) is 0 Å². The smallest absolute Gasteiger partial charge is 0.266 e. The van der Waals surface area contributed by atoms with Crippen LogP contribution in [0.25, 0.3) is 16.6 Å². The number of benzene rings is 2. The van der Waals surface area contributed by atoms with Crippen LogP contribution in [0.2, 0.25) is 0 Å². The van der Waals surface area contributed by atoms with E-state index in [2.05, 4.69) is 6.92 Å². The molecule has 3 rings (SSSR count).